The van der Waals surface area contributed by atoms with Crippen molar-refractivity contribution in [1.82, 2.24) is 10.6 Å². The third kappa shape index (κ3) is 7.99. The van der Waals surface area contributed by atoms with E-state index < -0.39 is 0 Å². The predicted octanol–water partition coefficient (Wildman–Crippen LogP) is 2.92. The SMILES string of the molecule is CN=C(NCCCOC1CCCCC1)NCCc1ccc(C(=O)OC)cc1. The van der Waals surface area contributed by atoms with Crippen molar-refractivity contribution in [2.75, 3.05) is 33.9 Å². The zero-order valence-electron chi connectivity index (χ0n) is 16.6. The van der Waals surface area contributed by atoms with E-state index >= 15 is 0 Å². The Hall–Kier alpha value is -2.08. The summed E-state index contributed by atoms with van der Waals surface area (Å²) in [5.41, 5.74) is 1.73. The maximum absolute atomic E-state index is 11.4. The van der Waals surface area contributed by atoms with Gasteiger partial charge in [0.2, 0.25) is 0 Å². The second-order valence-electron chi connectivity index (χ2n) is 6.85. The summed E-state index contributed by atoms with van der Waals surface area (Å²) < 4.78 is 10.6. The fourth-order valence-corrected chi connectivity index (χ4v) is 3.23. The van der Waals surface area contributed by atoms with E-state index in [1.807, 2.05) is 12.1 Å². The lowest BCUT2D eigenvalue weighted by Crippen LogP contribution is -2.39. The van der Waals surface area contributed by atoms with Crippen molar-refractivity contribution in [1.29, 1.82) is 0 Å². The number of guanidine groups is 1. The van der Waals surface area contributed by atoms with E-state index in [4.69, 9.17) is 9.47 Å². The average Bonchev–Trinajstić information content (AvgIpc) is 2.73. The molecular weight excluding hydrogens is 342 g/mol. The highest BCUT2D eigenvalue weighted by molar-refractivity contribution is 5.89. The van der Waals surface area contributed by atoms with Crippen molar-refractivity contribution in [3.8, 4) is 0 Å². The van der Waals surface area contributed by atoms with Crippen molar-refractivity contribution in [3.05, 3.63) is 35.4 Å². The Bertz CT molecular complexity index is 581. The minimum absolute atomic E-state index is 0.309. The Morgan fingerprint density at radius 3 is 2.48 bits per heavy atom. The van der Waals surface area contributed by atoms with Gasteiger partial charge in [0.25, 0.3) is 0 Å². The van der Waals surface area contributed by atoms with Crippen LogP contribution < -0.4 is 10.6 Å². The van der Waals surface area contributed by atoms with Crippen LogP contribution in [0.25, 0.3) is 0 Å². The first kappa shape index (κ1) is 21.2. The number of hydrogen-bond acceptors (Lipinski definition) is 4. The molecule has 0 bridgehead atoms. The Morgan fingerprint density at radius 2 is 1.81 bits per heavy atom. The lowest BCUT2D eigenvalue weighted by atomic mass is 9.98. The molecular formula is C21H33N3O3. The highest BCUT2D eigenvalue weighted by Crippen LogP contribution is 2.20. The molecule has 1 aliphatic carbocycles. The second kappa shape index (κ2) is 12.3. The third-order valence-corrected chi connectivity index (χ3v) is 4.82. The number of hydrogen-bond donors (Lipinski definition) is 2. The number of nitrogens with zero attached hydrogens (tertiary/aromatic N) is 1. The summed E-state index contributed by atoms with van der Waals surface area (Å²) in [6, 6.07) is 7.49. The molecule has 0 radical (unpaired) electrons. The number of nitrogens with one attached hydrogen (secondary N) is 2. The number of aliphatic imine (C=N–C) groups is 1. The van der Waals surface area contributed by atoms with Gasteiger partial charge in [0.1, 0.15) is 0 Å². The van der Waals surface area contributed by atoms with Crippen LogP contribution in [0.1, 0.15) is 54.4 Å². The minimum atomic E-state index is -0.309. The van der Waals surface area contributed by atoms with Crippen LogP contribution in [0.3, 0.4) is 0 Å². The van der Waals surface area contributed by atoms with Gasteiger partial charge in [-0.3, -0.25) is 4.99 Å². The topological polar surface area (TPSA) is 72.0 Å². The maximum atomic E-state index is 11.4. The zero-order chi connectivity index (χ0) is 19.3. The lowest BCUT2D eigenvalue weighted by Gasteiger charge is -2.22. The van der Waals surface area contributed by atoms with Crippen LogP contribution in [0, 0.1) is 0 Å². The molecule has 6 nitrogen and oxygen atoms in total. The van der Waals surface area contributed by atoms with Crippen molar-refractivity contribution in [3.63, 3.8) is 0 Å². The number of carbonyl (C=O) groups is 1. The van der Waals surface area contributed by atoms with Crippen LogP contribution >= 0.6 is 0 Å². The molecule has 150 valence electrons. The summed E-state index contributed by atoms with van der Waals surface area (Å²) in [6.45, 7) is 2.43. The van der Waals surface area contributed by atoms with E-state index in [9.17, 15) is 4.79 Å². The van der Waals surface area contributed by atoms with Crippen molar-refractivity contribution in [2.45, 2.75) is 51.0 Å². The second-order valence-corrected chi connectivity index (χ2v) is 6.85. The van der Waals surface area contributed by atoms with Crippen LogP contribution in [0.2, 0.25) is 0 Å². The summed E-state index contributed by atoms with van der Waals surface area (Å²) in [6.07, 6.45) is 8.73. The zero-order valence-corrected chi connectivity index (χ0v) is 16.6. The predicted molar refractivity (Wildman–Crippen MR) is 108 cm³/mol. The van der Waals surface area contributed by atoms with Gasteiger partial charge >= 0.3 is 5.97 Å². The van der Waals surface area contributed by atoms with E-state index in [1.54, 1.807) is 19.2 Å². The molecule has 1 saturated carbocycles. The summed E-state index contributed by atoms with van der Waals surface area (Å²) in [7, 11) is 3.17. The molecule has 2 N–H and O–H groups in total. The first-order valence-electron chi connectivity index (χ1n) is 9.96. The molecule has 0 saturated heterocycles. The fourth-order valence-electron chi connectivity index (χ4n) is 3.23. The van der Waals surface area contributed by atoms with E-state index in [0.717, 1.165) is 44.1 Å². The smallest absolute Gasteiger partial charge is 0.337 e. The fraction of sp³-hybridized carbons (Fsp3) is 0.619. The lowest BCUT2D eigenvalue weighted by molar-refractivity contribution is 0.0277. The van der Waals surface area contributed by atoms with Gasteiger partial charge in [-0.25, -0.2) is 4.79 Å². The van der Waals surface area contributed by atoms with Crippen LogP contribution in [-0.4, -0.2) is 51.9 Å². The molecule has 27 heavy (non-hydrogen) atoms. The molecule has 2 rings (SSSR count). The number of benzene rings is 1. The Balaban J connectivity index is 1.57. The number of carbonyl (C=O) groups excluding carboxylic acids is 1. The maximum Gasteiger partial charge on any atom is 0.337 e. The van der Waals surface area contributed by atoms with E-state index in [0.29, 0.717) is 11.7 Å². The molecule has 0 spiro atoms. The monoisotopic (exact) mass is 375 g/mol. The van der Waals surface area contributed by atoms with Gasteiger partial charge in [-0.05, 0) is 43.4 Å². The quantitative estimate of drug-likeness (QED) is 0.301. The van der Waals surface area contributed by atoms with E-state index in [-0.39, 0.29) is 5.97 Å². The highest BCUT2D eigenvalue weighted by atomic mass is 16.5. The average molecular weight is 376 g/mol. The Kier molecular flexibility index (Phi) is 9.69. The molecule has 0 aromatic heterocycles. The highest BCUT2D eigenvalue weighted by Gasteiger charge is 2.13. The van der Waals surface area contributed by atoms with Gasteiger partial charge < -0.3 is 20.1 Å². The minimum Gasteiger partial charge on any atom is -0.465 e. The van der Waals surface area contributed by atoms with Gasteiger partial charge in [-0.2, -0.15) is 0 Å². The molecule has 6 heteroatoms. The van der Waals surface area contributed by atoms with Crippen molar-refractivity contribution in [2.24, 2.45) is 4.99 Å². The summed E-state index contributed by atoms with van der Waals surface area (Å²) in [4.78, 5) is 15.7. The summed E-state index contributed by atoms with van der Waals surface area (Å²) >= 11 is 0. The standard InChI is InChI=1S/C21H33N3O3/c1-22-21(23-14-6-16-27-19-7-4-3-5-8-19)24-15-13-17-9-11-18(12-10-17)20(25)26-2/h9-12,19H,3-8,13-16H2,1-2H3,(H2,22,23,24). The van der Waals surface area contributed by atoms with Crippen LogP contribution in [0.5, 0.6) is 0 Å². The van der Waals surface area contributed by atoms with E-state index in [2.05, 4.69) is 15.6 Å². The summed E-state index contributed by atoms with van der Waals surface area (Å²) in [5.74, 6) is 0.496. The normalized spacial score (nSPS) is 15.4. The molecule has 0 amide bonds. The molecule has 1 aromatic carbocycles. The molecule has 1 aliphatic rings. The van der Waals surface area contributed by atoms with Crippen LogP contribution in [-0.2, 0) is 15.9 Å². The first-order valence-corrected chi connectivity index (χ1v) is 9.96. The van der Waals surface area contributed by atoms with Crippen LogP contribution in [0.15, 0.2) is 29.3 Å². The molecule has 0 unspecified atom stereocenters. The third-order valence-electron chi connectivity index (χ3n) is 4.82. The summed E-state index contributed by atoms with van der Waals surface area (Å²) in [5, 5.41) is 6.64. The van der Waals surface area contributed by atoms with Crippen LogP contribution in [0.4, 0.5) is 0 Å². The van der Waals surface area contributed by atoms with E-state index in [1.165, 1.54) is 39.2 Å². The van der Waals surface area contributed by atoms with Crippen molar-refractivity contribution < 1.29 is 14.3 Å². The molecule has 1 fully saturated rings. The van der Waals surface area contributed by atoms with Gasteiger partial charge in [-0.15, -0.1) is 0 Å². The number of ether oxygens (including phenoxy) is 2. The molecule has 0 heterocycles. The van der Waals surface area contributed by atoms with Gasteiger partial charge in [-0.1, -0.05) is 31.4 Å². The number of methoxy groups -OCH3 is 1. The molecule has 1 aromatic rings. The Morgan fingerprint density at radius 1 is 1.11 bits per heavy atom. The number of rotatable bonds is 9. The van der Waals surface area contributed by atoms with Gasteiger partial charge in [0, 0.05) is 26.7 Å². The Labute approximate surface area is 162 Å². The van der Waals surface area contributed by atoms with Crippen molar-refractivity contribution >= 4 is 11.9 Å². The largest absolute Gasteiger partial charge is 0.465 e. The number of esters is 1. The first-order chi connectivity index (χ1) is 13.2. The van der Waals surface area contributed by atoms with Gasteiger partial charge in [0.05, 0.1) is 18.8 Å². The van der Waals surface area contributed by atoms with Gasteiger partial charge in [0.15, 0.2) is 5.96 Å². The molecule has 0 aliphatic heterocycles. The molecule has 0 atom stereocenters.